The monoisotopic (exact) mass is 253 g/mol. The molecule has 18 heavy (non-hydrogen) atoms. The van der Waals surface area contributed by atoms with Crippen LogP contribution in [-0.4, -0.2) is 61.7 Å². The molecule has 0 spiro atoms. The van der Waals surface area contributed by atoms with Crippen molar-refractivity contribution in [3.05, 3.63) is 0 Å². The number of hydrogen-bond donors (Lipinski definition) is 1. The fraction of sp³-hybridized carbons (Fsp3) is 1.00. The number of rotatable bonds is 3. The van der Waals surface area contributed by atoms with E-state index in [2.05, 4.69) is 36.0 Å². The maximum atomic E-state index is 3.48. The Bertz CT molecular complexity index is 236. The van der Waals surface area contributed by atoms with E-state index in [0.29, 0.717) is 0 Å². The predicted molar refractivity (Wildman–Crippen MR) is 78.0 cm³/mol. The summed E-state index contributed by atoms with van der Waals surface area (Å²) >= 11 is 0. The molecular weight excluding hydrogens is 222 g/mol. The summed E-state index contributed by atoms with van der Waals surface area (Å²) in [6, 6.07) is 1.61. The minimum absolute atomic E-state index is 0.766. The first-order chi connectivity index (χ1) is 8.66. The number of hydrogen-bond acceptors (Lipinski definition) is 3. The van der Waals surface area contributed by atoms with Crippen LogP contribution in [0.15, 0.2) is 0 Å². The molecule has 0 amide bonds. The van der Waals surface area contributed by atoms with E-state index in [4.69, 9.17) is 0 Å². The van der Waals surface area contributed by atoms with Crippen LogP contribution in [0.4, 0.5) is 0 Å². The molecule has 0 saturated carbocycles. The van der Waals surface area contributed by atoms with Crippen LogP contribution in [0.1, 0.15) is 39.5 Å². The highest BCUT2D eigenvalue weighted by Crippen LogP contribution is 2.20. The molecule has 0 aromatic heterocycles. The fourth-order valence-electron chi connectivity index (χ4n) is 3.51. The second-order valence-corrected chi connectivity index (χ2v) is 6.59. The molecule has 2 rings (SSSR count). The summed E-state index contributed by atoms with van der Waals surface area (Å²) in [6.07, 6.45) is 5.38. The zero-order valence-electron chi connectivity index (χ0n) is 12.5. The minimum Gasteiger partial charge on any atom is -0.317 e. The molecule has 0 radical (unpaired) electrons. The Kier molecular flexibility index (Phi) is 5.46. The summed E-state index contributed by atoms with van der Waals surface area (Å²) in [7, 11) is 2.32. The molecule has 0 aromatic rings. The maximum absolute atomic E-state index is 3.48. The van der Waals surface area contributed by atoms with Gasteiger partial charge in [0.15, 0.2) is 0 Å². The van der Waals surface area contributed by atoms with Crippen LogP contribution in [0.5, 0.6) is 0 Å². The fourth-order valence-corrected chi connectivity index (χ4v) is 3.51. The number of nitrogens with zero attached hydrogens (tertiary/aromatic N) is 2. The summed E-state index contributed by atoms with van der Waals surface area (Å²) in [4.78, 5) is 5.39. The van der Waals surface area contributed by atoms with E-state index in [0.717, 1.165) is 18.0 Å². The third-order valence-corrected chi connectivity index (χ3v) is 4.59. The van der Waals surface area contributed by atoms with Crippen molar-refractivity contribution in [1.82, 2.24) is 15.1 Å². The predicted octanol–water partition coefficient (Wildman–Crippen LogP) is 1.79. The third kappa shape index (κ3) is 3.94. The van der Waals surface area contributed by atoms with Crippen LogP contribution in [0.3, 0.4) is 0 Å². The van der Waals surface area contributed by atoms with Crippen molar-refractivity contribution < 1.29 is 0 Å². The molecule has 0 aliphatic carbocycles. The van der Waals surface area contributed by atoms with Gasteiger partial charge >= 0.3 is 0 Å². The number of nitrogens with one attached hydrogen (secondary N) is 1. The second kappa shape index (κ2) is 6.88. The molecule has 2 heterocycles. The number of likely N-dealkylation sites (N-methyl/N-ethyl adjacent to an activating group) is 1. The quantitative estimate of drug-likeness (QED) is 0.827. The normalized spacial score (nSPS) is 29.7. The van der Waals surface area contributed by atoms with Crippen molar-refractivity contribution in [1.29, 1.82) is 0 Å². The van der Waals surface area contributed by atoms with Gasteiger partial charge in [-0.2, -0.15) is 0 Å². The van der Waals surface area contributed by atoms with E-state index in [1.54, 1.807) is 0 Å². The van der Waals surface area contributed by atoms with Gasteiger partial charge in [0.05, 0.1) is 0 Å². The molecular formula is C15H31N3. The Morgan fingerprint density at radius 1 is 1.17 bits per heavy atom. The van der Waals surface area contributed by atoms with E-state index >= 15 is 0 Å². The topological polar surface area (TPSA) is 18.5 Å². The van der Waals surface area contributed by atoms with E-state index in [-0.39, 0.29) is 0 Å². The van der Waals surface area contributed by atoms with Crippen molar-refractivity contribution in [2.45, 2.75) is 51.6 Å². The van der Waals surface area contributed by atoms with Crippen molar-refractivity contribution in [3.8, 4) is 0 Å². The van der Waals surface area contributed by atoms with Gasteiger partial charge in [-0.1, -0.05) is 13.8 Å². The zero-order chi connectivity index (χ0) is 13.0. The van der Waals surface area contributed by atoms with Gasteiger partial charge < -0.3 is 10.2 Å². The average Bonchev–Trinajstić information content (AvgIpc) is 2.53. The van der Waals surface area contributed by atoms with Gasteiger partial charge in [0, 0.05) is 18.6 Å². The van der Waals surface area contributed by atoms with Crippen molar-refractivity contribution in [2.24, 2.45) is 5.92 Å². The highest BCUT2D eigenvalue weighted by molar-refractivity contribution is 4.85. The first kappa shape index (κ1) is 14.3. The summed E-state index contributed by atoms with van der Waals surface area (Å²) in [5.41, 5.74) is 0. The number of piperidine rings is 1. The second-order valence-electron chi connectivity index (χ2n) is 6.59. The summed E-state index contributed by atoms with van der Waals surface area (Å²) in [5.74, 6) is 0.811. The Morgan fingerprint density at radius 2 is 1.89 bits per heavy atom. The summed E-state index contributed by atoms with van der Waals surface area (Å²) in [5, 5.41) is 3.48. The lowest BCUT2D eigenvalue weighted by atomic mass is 10.00. The van der Waals surface area contributed by atoms with Crippen LogP contribution in [0, 0.1) is 5.92 Å². The minimum atomic E-state index is 0.766. The Labute approximate surface area is 113 Å². The Hall–Kier alpha value is -0.120. The first-order valence-electron chi connectivity index (χ1n) is 7.82. The van der Waals surface area contributed by atoms with Gasteiger partial charge in [-0.15, -0.1) is 0 Å². The Morgan fingerprint density at radius 3 is 2.56 bits per heavy atom. The smallest absolute Gasteiger partial charge is 0.0222 e. The van der Waals surface area contributed by atoms with E-state index < -0.39 is 0 Å². The maximum Gasteiger partial charge on any atom is 0.0222 e. The van der Waals surface area contributed by atoms with Gasteiger partial charge in [0.2, 0.25) is 0 Å². The molecule has 0 aromatic carbocycles. The standard InChI is InChI=1S/C15H31N3/c1-13(2)11-15-12-18(10-4-9-17(15)3)14-5-7-16-8-6-14/h13-16H,4-12H2,1-3H3. The first-order valence-corrected chi connectivity index (χ1v) is 7.82. The van der Waals surface area contributed by atoms with Crippen molar-refractivity contribution in [2.75, 3.05) is 39.8 Å². The van der Waals surface area contributed by atoms with Gasteiger partial charge in [-0.25, -0.2) is 0 Å². The van der Waals surface area contributed by atoms with Crippen LogP contribution in [0.25, 0.3) is 0 Å². The lowest BCUT2D eigenvalue weighted by Crippen LogP contribution is -2.47. The van der Waals surface area contributed by atoms with E-state index in [1.807, 2.05) is 0 Å². The Balaban J connectivity index is 1.93. The van der Waals surface area contributed by atoms with Crippen LogP contribution < -0.4 is 5.32 Å². The SMILES string of the molecule is CC(C)CC1CN(C2CCNCC2)CCCN1C. The van der Waals surface area contributed by atoms with Gasteiger partial charge in [-0.3, -0.25) is 4.90 Å². The molecule has 2 aliphatic heterocycles. The third-order valence-electron chi connectivity index (χ3n) is 4.59. The molecule has 2 saturated heterocycles. The zero-order valence-corrected chi connectivity index (χ0v) is 12.5. The molecule has 1 unspecified atom stereocenters. The molecule has 2 fully saturated rings. The molecule has 0 bridgehead atoms. The molecule has 1 atom stereocenters. The molecule has 3 heteroatoms. The van der Waals surface area contributed by atoms with E-state index in [9.17, 15) is 0 Å². The average molecular weight is 253 g/mol. The van der Waals surface area contributed by atoms with Crippen molar-refractivity contribution in [3.63, 3.8) is 0 Å². The van der Waals surface area contributed by atoms with Gasteiger partial charge in [0.25, 0.3) is 0 Å². The van der Waals surface area contributed by atoms with Crippen LogP contribution in [-0.2, 0) is 0 Å². The summed E-state index contributed by atoms with van der Waals surface area (Å²) < 4.78 is 0. The summed E-state index contributed by atoms with van der Waals surface area (Å²) in [6.45, 7) is 11.0. The van der Waals surface area contributed by atoms with E-state index in [1.165, 1.54) is 58.4 Å². The molecule has 1 N–H and O–H groups in total. The molecule has 2 aliphatic rings. The van der Waals surface area contributed by atoms with Gasteiger partial charge in [-0.05, 0) is 64.8 Å². The van der Waals surface area contributed by atoms with Gasteiger partial charge in [0.1, 0.15) is 0 Å². The van der Waals surface area contributed by atoms with Crippen LogP contribution >= 0.6 is 0 Å². The van der Waals surface area contributed by atoms with Crippen molar-refractivity contribution >= 4 is 0 Å². The lowest BCUT2D eigenvalue weighted by molar-refractivity contribution is 0.131. The lowest BCUT2D eigenvalue weighted by Gasteiger charge is -2.36. The molecule has 106 valence electrons. The van der Waals surface area contributed by atoms with Crippen LogP contribution in [0.2, 0.25) is 0 Å². The largest absolute Gasteiger partial charge is 0.317 e. The molecule has 3 nitrogen and oxygen atoms in total. The highest BCUT2D eigenvalue weighted by Gasteiger charge is 2.28. The highest BCUT2D eigenvalue weighted by atomic mass is 15.2.